The molecule has 0 bridgehead atoms. The van der Waals surface area contributed by atoms with E-state index in [9.17, 15) is 14.0 Å². The first-order chi connectivity index (χ1) is 13.6. The summed E-state index contributed by atoms with van der Waals surface area (Å²) in [5, 5.41) is 14.2. The van der Waals surface area contributed by atoms with Crippen molar-refractivity contribution in [2.75, 3.05) is 5.32 Å². The van der Waals surface area contributed by atoms with E-state index in [1.807, 2.05) is 6.07 Å². The summed E-state index contributed by atoms with van der Waals surface area (Å²) >= 11 is 0. The number of hydrogen-bond donors (Lipinski definition) is 2. The minimum Gasteiger partial charge on any atom is -0.348 e. The fourth-order valence-corrected chi connectivity index (χ4v) is 2.52. The number of halogens is 1. The van der Waals surface area contributed by atoms with Crippen molar-refractivity contribution in [1.82, 2.24) is 5.32 Å². The largest absolute Gasteiger partial charge is 0.348 e. The Kier molecular flexibility index (Phi) is 5.78. The quantitative estimate of drug-likeness (QED) is 0.712. The third-order valence-corrected chi connectivity index (χ3v) is 4.08. The third-order valence-electron chi connectivity index (χ3n) is 4.08. The lowest BCUT2D eigenvalue weighted by atomic mass is 10.1. The molecule has 6 heteroatoms. The molecule has 0 unspecified atom stereocenters. The van der Waals surface area contributed by atoms with Crippen LogP contribution in [0.2, 0.25) is 0 Å². The molecule has 2 N–H and O–H groups in total. The van der Waals surface area contributed by atoms with E-state index in [1.54, 1.807) is 66.7 Å². The van der Waals surface area contributed by atoms with Gasteiger partial charge in [-0.05, 0) is 54.6 Å². The average Bonchev–Trinajstić information content (AvgIpc) is 2.73. The summed E-state index contributed by atoms with van der Waals surface area (Å²) in [5.74, 6) is -1.03. The van der Waals surface area contributed by atoms with Crippen LogP contribution in [-0.2, 0) is 6.54 Å². The summed E-state index contributed by atoms with van der Waals surface area (Å²) in [6, 6.07) is 20.9. The van der Waals surface area contributed by atoms with Crippen LogP contribution in [0.25, 0.3) is 0 Å². The molecule has 0 saturated carbocycles. The van der Waals surface area contributed by atoms with Crippen molar-refractivity contribution < 1.29 is 14.0 Å². The number of rotatable bonds is 5. The Hall–Kier alpha value is -3.98. The van der Waals surface area contributed by atoms with Gasteiger partial charge in [-0.1, -0.05) is 18.2 Å². The monoisotopic (exact) mass is 373 g/mol. The van der Waals surface area contributed by atoms with Gasteiger partial charge in [-0.3, -0.25) is 9.59 Å². The summed E-state index contributed by atoms with van der Waals surface area (Å²) < 4.78 is 13.6. The van der Waals surface area contributed by atoms with Gasteiger partial charge in [0.25, 0.3) is 11.8 Å². The van der Waals surface area contributed by atoms with E-state index in [0.29, 0.717) is 27.9 Å². The zero-order chi connectivity index (χ0) is 19.9. The number of amides is 2. The summed E-state index contributed by atoms with van der Waals surface area (Å²) in [4.78, 5) is 24.4. The lowest BCUT2D eigenvalue weighted by Crippen LogP contribution is -2.23. The number of carbonyl (C=O) groups is 2. The van der Waals surface area contributed by atoms with Crippen LogP contribution in [0.15, 0.2) is 72.8 Å². The van der Waals surface area contributed by atoms with E-state index >= 15 is 0 Å². The maximum Gasteiger partial charge on any atom is 0.255 e. The maximum absolute atomic E-state index is 13.6. The highest BCUT2D eigenvalue weighted by Gasteiger charge is 2.09. The average molecular weight is 373 g/mol. The lowest BCUT2D eigenvalue weighted by molar-refractivity contribution is 0.0950. The Labute approximate surface area is 161 Å². The number of hydrogen-bond acceptors (Lipinski definition) is 3. The molecule has 0 aromatic heterocycles. The van der Waals surface area contributed by atoms with Gasteiger partial charge < -0.3 is 10.6 Å². The van der Waals surface area contributed by atoms with Crippen LogP contribution < -0.4 is 10.6 Å². The zero-order valence-electron chi connectivity index (χ0n) is 14.8. The van der Waals surface area contributed by atoms with Gasteiger partial charge in [-0.2, -0.15) is 5.26 Å². The zero-order valence-corrected chi connectivity index (χ0v) is 14.8. The second-order valence-electron chi connectivity index (χ2n) is 5.99. The topological polar surface area (TPSA) is 82.0 Å². The molecular weight excluding hydrogens is 357 g/mol. The molecule has 0 aliphatic carbocycles. The molecule has 0 aliphatic rings. The van der Waals surface area contributed by atoms with Gasteiger partial charge in [0.1, 0.15) is 5.82 Å². The molecule has 28 heavy (non-hydrogen) atoms. The van der Waals surface area contributed by atoms with Gasteiger partial charge in [0.2, 0.25) is 0 Å². The summed E-state index contributed by atoms with van der Waals surface area (Å²) in [5.41, 5.74) is 2.22. The van der Waals surface area contributed by atoms with Gasteiger partial charge in [0.05, 0.1) is 11.6 Å². The Morgan fingerprint density at radius 2 is 1.46 bits per heavy atom. The number of nitrogens with zero attached hydrogens (tertiary/aromatic N) is 1. The fourth-order valence-electron chi connectivity index (χ4n) is 2.52. The van der Waals surface area contributed by atoms with Gasteiger partial charge in [-0.25, -0.2) is 4.39 Å². The van der Waals surface area contributed by atoms with Gasteiger partial charge in [0.15, 0.2) is 0 Å². The van der Waals surface area contributed by atoms with Gasteiger partial charge in [-0.15, -0.1) is 0 Å². The predicted octanol–water partition coefficient (Wildman–Crippen LogP) is 3.88. The summed E-state index contributed by atoms with van der Waals surface area (Å²) in [7, 11) is 0. The molecule has 3 aromatic rings. The van der Waals surface area contributed by atoms with E-state index in [-0.39, 0.29) is 24.2 Å². The molecule has 0 heterocycles. The molecule has 3 rings (SSSR count). The number of carbonyl (C=O) groups excluding carboxylic acids is 2. The van der Waals surface area contributed by atoms with Gasteiger partial charge >= 0.3 is 0 Å². The SMILES string of the molecule is N#Cc1ccc(C(=O)Nc2ccc(C(=O)NCc3ccccc3F)cc2)cc1. The van der Waals surface area contributed by atoms with Crippen LogP contribution in [0.4, 0.5) is 10.1 Å². The van der Waals surface area contributed by atoms with Crippen molar-refractivity contribution in [3.05, 3.63) is 101 Å². The van der Waals surface area contributed by atoms with E-state index in [1.165, 1.54) is 6.07 Å². The lowest BCUT2D eigenvalue weighted by Gasteiger charge is -2.08. The highest BCUT2D eigenvalue weighted by atomic mass is 19.1. The maximum atomic E-state index is 13.6. The van der Waals surface area contributed by atoms with Gasteiger partial charge in [0, 0.05) is 28.9 Å². The molecule has 0 aliphatic heterocycles. The highest BCUT2D eigenvalue weighted by molar-refractivity contribution is 6.04. The van der Waals surface area contributed by atoms with E-state index in [2.05, 4.69) is 10.6 Å². The highest BCUT2D eigenvalue weighted by Crippen LogP contribution is 2.13. The molecule has 0 saturated heterocycles. The molecule has 0 radical (unpaired) electrons. The second-order valence-corrected chi connectivity index (χ2v) is 5.99. The van der Waals surface area contributed by atoms with Crippen molar-refractivity contribution in [2.45, 2.75) is 6.54 Å². The Morgan fingerprint density at radius 1 is 0.857 bits per heavy atom. The smallest absolute Gasteiger partial charge is 0.255 e. The standard InChI is InChI=1S/C22H16FN3O2/c23-20-4-2-1-3-18(20)14-25-21(27)16-9-11-19(12-10-16)26-22(28)17-7-5-15(13-24)6-8-17/h1-12H,14H2,(H,25,27)(H,26,28). The number of nitrogens with one attached hydrogen (secondary N) is 2. The Morgan fingerprint density at radius 3 is 2.11 bits per heavy atom. The number of benzene rings is 3. The van der Waals surface area contributed by atoms with Crippen LogP contribution in [0.1, 0.15) is 31.8 Å². The molecular formula is C22H16FN3O2. The Bertz CT molecular complexity index is 1040. The van der Waals surface area contributed by atoms with Crippen molar-refractivity contribution in [2.24, 2.45) is 0 Å². The minimum atomic E-state index is -0.372. The first kappa shape index (κ1) is 18.8. The Balaban J connectivity index is 1.59. The third kappa shape index (κ3) is 4.59. The van der Waals surface area contributed by atoms with Crippen LogP contribution in [0.5, 0.6) is 0 Å². The van der Waals surface area contributed by atoms with Crippen molar-refractivity contribution >= 4 is 17.5 Å². The normalized spacial score (nSPS) is 10.0. The van der Waals surface area contributed by atoms with Crippen molar-refractivity contribution in [3.63, 3.8) is 0 Å². The summed E-state index contributed by atoms with van der Waals surface area (Å²) in [6.45, 7) is 0.0860. The fraction of sp³-hybridized carbons (Fsp3) is 0.0455. The van der Waals surface area contributed by atoms with Crippen molar-refractivity contribution in [1.29, 1.82) is 5.26 Å². The van der Waals surface area contributed by atoms with Crippen molar-refractivity contribution in [3.8, 4) is 6.07 Å². The predicted molar refractivity (Wildman–Crippen MR) is 103 cm³/mol. The first-order valence-electron chi connectivity index (χ1n) is 8.50. The molecule has 5 nitrogen and oxygen atoms in total. The van der Waals surface area contributed by atoms with Crippen LogP contribution in [0.3, 0.4) is 0 Å². The molecule has 2 amide bonds. The molecule has 0 spiro atoms. The first-order valence-corrected chi connectivity index (χ1v) is 8.50. The van der Waals surface area contributed by atoms with E-state index in [4.69, 9.17) is 5.26 Å². The van der Waals surface area contributed by atoms with Crippen LogP contribution >= 0.6 is 0 Å². The molecule has 0 fully saturated rings. The summed E-state index contributed by atoms with van der Waals surface area (Å²) in [6.07, 6.45) is 0. The van der Waals surface area contributed by atoms with E-state index in [0.717, 1.165) is 0 Å². The molecule has 138 valence electrons. The molecule has 3 aromatic carbocycles. The number of nitriles is 1. The number of anilines is 1. The van der Waals surface area contributed by atoms with Crippen LogP contribution in [-0.4, -0.2) is 11.8 Å². The second kappa shape index (κ2) is 8.60. The molecule has 0 atom stereocenters. The minimum absolute atomic E-state index is 0.0860. The van der Waals surface area contributed by atoms with Crippen LogP contribution in [0, 0.1) is 17.1 Å². The van der Waals surface area contributed by atoms with E-state index < -0.39 is 0 Å².